The fourth-order valence-electron chi connectivity index (χ4n) is 8.12. The van der Waals surface area contributed by atoms with Crippen molar-refractivity contribution in [2.75, 3.05) is 18.8 Å². The minimum Gasteiger partial charge on any atom is -0.472 e. The molecule has 0 unspecified atom stereocenters. The lowest BCUT2D eigenvalue weighted by atomic mass is 9.71. The minimum atomic E-state index is -1.22. The van der Waals surface area contributed by atoms with Crippen molar-refractivity contribution >= 4 is 130 Å². The molecule has 0 fully saturated rings. The molecule has 1 N–H and O–H groups in total. The zero-order valence-electron chi connectivity index (χ0n) is 47.8. The van der Waals surface area contributed by atoms with Crippen LogP contribution in [0, 0.1) is 12.3 Å². The fraction of sp³-hybridized carbons (Fsp3) is 0.0704. The average molecular weight is 1330 g/mol. The molecule has 442 valence electrons. The van der Waals surface area contributed by atoms with E-state index in [0.717, 1.165) is 46.1 Å². The molecule has 0 aromatic heterocycles. The number of benzene rings is 9. The number of terminal acetylenes is 1. The van der Waals surface area contributed by atoms with Gasteiger partial charge in [-0.1, -0.05) is 107 Å². The molecule has 0 amide bonds. The quantitative estimate of drug-likeness (QED) is 0.0154. The summed E-state index contributed by atoms with van der Waals surface area (Å²) in [6.45, 7) is 2.09. The van der Waals surface area contributed by atoms with E-state index >= 15 is 0 Å². The molecule has 0 spiro atoms. The van der Waals surface area contributed by atoms with Crippen LogP contribution in [0.25, 0.3) is 0 Å². The van der Waals surface area contributed by atoms with Gasteiger partial charge in [0.25, 0.3) is 0 Å². The molecular formula is C71H56O8S9. The summed E-state index contributed by atoms with van der Waals surface area (Å²) in [4.78, 5) is 61.8. The maximum Gasteiger partial charge on any atom is 0.381 e. The molecule has 0 heterocycles. The summed E-state index contributed by atoms with van der Waals surface area (Å²) in [5.74, 6) is -0.113. The SMILES string of the molecule is C#CC(=O)O.CSc1ccc(Sc2ccc(S/C=C/C(=O)Oc3ccc(C(C)(c4ccc(OC(=O)/C=C/Sc5ccc(Sc6ccc(SC)cc6)cc5)cc4)c4ccc(OC(=O)/C=C/Sc5ccc(Sc6ccc(SC)cc6)cc5)cc4)cc3)cc2)cc1. The van der Waals surface area contributed by atoms with Gasteiger partial charge in [0.15, 0.2) is 0 Å². The predicted octanol–water partition coefficient (Wildman–Crippen LogP) is 20.0. The maximum atomic E-state index is 13.0. The molecule has 0 bridgehead atoms. The highest BCUT2D eigenvalue weighted by atomic mass is 32.2. The van der Waals surface area contributed by atoms with Crippen molar-refractivity contribution in [3.05, 3.63) is 270 Å². The molecule has 9 aromatic rings. The molecule has 88 heavy (non-hydrogen) atoms. The number of aliphatic carboxylic acids is 1. The molecule has 0 saturated heterocycles. The molecule has 0 saturated carbocycles. The van der Waals surface area contributed by atoms with Crippen LogP contribution >= 0.6 is 106 Å². The molecule has 9 rings (SSSR count). The zero-order chi connectivity index (χ0) is 62.1. The van der Waals surface area contributed by atoms with Gasteiger partial charge in [0.2, 0.25) is 0 Å². The summed E-state index contributed by atoms with van der Waals surface area (Å²) in [5.41, 5.74) is 1.90. The van der Waals surface area contributed by atoms with Crippen molar-refractivity contribution in [1.82, 2.24) is 0 Å². The van der Waals surface area contributed by atoms with Crippen LogP contribution in [-0.2, 0) is 24.6 Å². The van der Waals surface area contributed by atoms with Crippen molar-refractivity contribution < 1.29 is 38.5 Å². The first-order valence-electron chi connectivity index (χ1n) is 26.7. The van der Waals surface area contributed by atoms with Crippen molar-refractivity contribution in [2.45, 2.75) is 71.1 Å². The van der Waals surface area contributed by atoms with Gasteiger partial charge in [-0.15, -0.1) is 41.7 Å². The van der Waals surface area contributed by atoms with Crippen molar-refractivity contribution in [3.8, 4) is 29.6 Å². The van der Waals surface area contributed by atoms with E-state index in [1.165, 1.54) is 88.8 Å². The Hall–Kier alpha value is -7.21. The van der Waals surface area contributed by atoms with Gasteiger partial charge in [-0.05, 0) is 241 Å². The maximum absolute atomic E-state index is 13.0. The fourth-order valence-corrected chi connectivity index (χ4v) is 13.7. The van der Waals surface area contributed by atoms with E-state index in [-0.39, 0.29) is 0 Å². The second-order valence-electron chi connectivity index (χ2n) is 18.4. The van der Waals surface area contributed by atoms with Gasteiger partial charge in [0.1, 0.15) is 17.2 Å². The molecule has 0 aliphatic heterocycles. The monoisotopic (exact) mass is 1320 g/mol. The standard InChI is InChI=1S/C68H54O6S9.C3H2O2/c1-68(47-5-11-50(12-6-47)72-65(69)41-44-78-56-23-35-62(36-24-56)81-59-29-17-53(75-2)18-30-59,48-7-13-51(14-8-48)73-66(70)42-45-79-57-25-37-63(38-26-57)82-60-31-19-54(76-3)20-32-60)49-9-15-52(16-10-49)74-67(71)43-46-80-58-27-39-64(40-28-58)83-61-33-21-55(77-4)22-34-61;1-2-3(4)5/h5-46H,1-4H3;1H,(H,4,5)/b44-41+,45-42+,46-43+;. The molecule has 9 aromatic carbocycles. The number of carboxylic acids is 1. The van der Waals surface area contributed by atoms with Crippen LogP contribution in [0.5, 0.6) is 17.2 Å². The van der Waals surface area contributed by atoms with Gasteiger partial charge in [-0.2, -0.15) is 0 Å². The summed E-state index contributed by atoms with van der Waals surface area (Å²) < 4.78 is 17.2. The van der Waals surface area contributed by atoms with E-state index in [2.05, 4.69) is 141 Å². The lowest BCUT2D eigenvalue weighted by Gasteiger charge is -2.32. The number of hydrogen-bond donors (Lipinski definition) is 1. The smallest absolute Gasteiger partial charge is 0.381 e. The number of carboxylic acid groups (broad SMARTS) is 1. The van der Waals surface area contributed by atoms with Crippen LogP contribution in [0.15, 0.2) is 312 Å². The Morgan fingerprint density at radius 3 is 0.739 bits per heavy atom. The van der Waals surface area contributed by atoms with Crippen molar-refractivity contribution in [2.24, 2.45) is 0 Å². The third-order valence-electron chi connectivity index (χ3n) is 12.7. The summed E-state index contributed by atoms with van der Waals surface area (Å²) in [6.07, 6.45) is 14.8. The normalized spacial score (nSPS) is 11.2. The lowest BCUT2D eigenvalue weighted by Crippen LogP contribution is -2.25. The predicted molar refractivity (Wildman–Crippen MR) is 370 cm³/mol. The Morgan fingerprint density at radius 2 is 0.545 bits per heavy atom. The number of thioether (sulfide) groups is 6. The number of hydrogen-bond acceptors (Lipinski definition) is 16. The highest BCUT2D eigenvalue weighted by molar-refractivity contribution is 8.03. The van der Waals surface area contributed by atoms with Crippen LogP contribution in [0.3, 0.4) is 0 Å². The second-order valence-corrected chi connectivity index (χ2v) is 27.4. The Kier molecular flexibility index (Phi) is 26.2. The summed E-state index contributed by atoms with van der Waals surface area (Å²) in [5, 5.41) is 12.7. The molecule has 0 aliphatic rings. The third kappa shape index (κ3) is 21.0. The Labute approximate surface area is 552 Å². The van der Waals surface area contributed by atoms with Crippen LogP contribution in [0.4, 0.5) is 0 Å². The first kappa shape index (κ1) is 66.7. The van der Waals surface area contributed by atoms with E-state index in [0.29, 0.717) is 17.2 Å². The van der Waals surface area contributed by atoms with Crippen LogP contribution in [0.1, 0.15) is 23.6 Å². The number of ether oxygens (including phenoxy) is 3. The third-order valence-corrected chi connectivity index (χ3v) is 20.4. The molecule has 0 atom stereocenters. The topological polar surface area (TPSA) is 116 Å². The number of carbonyl (C=O) groups excluding carboxylic acids is 3. The summed E-state index contributed by atoms with van der Waals surface area (Å²) in [7, 11) is 0. The zero-order valence-corrected chi connectivity index (χ0v) is 55.2. The van der Waals surface area contributed by atoms with E-state index < -0.39 is 29.3 Å². The Bertz CT molecular complexity index is 3500. The summed E-state index contributed by atoms with van der Waals surface area (Å²) in [6, 6.07) is 72.4. The van der Waals surface area contributed by atoms with Crippen LogP contribution < -0.4 is 14.2 Å². The van der Waals surface area contributed by atoms with E-state index in [4.69, 9.17) is 24.1 Å². The Balaban J connectivity index is 0.00000193. The number of rotatable bonds is 24. The molecule has 0 aliphatic carbocycles. The molecule has 8 nitrogen and oxygen atoms in total. The molecule has 0 radical (unpaired) electrons. The first-order chi connectivity index (χ1) is 42.8. The van der Waals surface area contributed by atoms with Gasteiger partial charge >= 0.3 is 23.9 Å². The van der Waals surface area contributed by atoms with Crippen molar-refractivity contribution in [1.29, 1.82) is 0 Å². The van der Waals surface area contributed by atoms with Gasteiger partial charge in [-0.3, -0.25) is 0 Å². The summed E-state index contributed by atoms with van der Waals surface area (Å²) >= 11 is 14.6. The van der Waals surface area contributed by atoms with E-state index in [1.54, 1.807) is 123 Å². The van der Waals surface area contributed by atoms with Gasteiger partial charge in [-0.25, -0.2) is 19.2 Å². The second kappa shape index (κ2) is 34.5. The van der Waals surface area contributed by atoms with Gasteiger partial charge in [0, 0.05) is 88.3 Å². The number of carbonyl (C=O) groups is 4. The van der Waals surface area contributed by atoms with Crippen LogP contribution in [-0.4, -0.2) is 47.8 Å². The largest absolute Gasteiger partial charge is 0.472 e. The molecule has 17 heteroatoms. The van der Waals surface area contributed by atoms with E-state index in [1.807, 2.05) is 72.8 Å². The minimum absolute atomic E-state index is 0.386. The van der Waals surface area contributed by atoms with Gasteiger partial charge in [0.05, 0.1) is 0 Å². The number of esters is 3. The lowest BCUT2D eigenvalue weighted by molar-refractivity contribution is -0.131. The van der Waals surface area contributed by atoms with E-state index in [9.17, 15) is 14.4 Å². The highest BCUT2D eigenvalue weighted by Crippen LogP contribution is 2.41. The van der Waals surface area contributed by atoms with Gasteiger partial charge < -0.3 is 19.3 Å². The van der Waals surface area contributed by atoms with Crippen molar-refractivity contribution in [3.63, 3.8) is 0 Å². The Morgan fingerprint density at radius 1 is 0.352 bits per heavy atom. The average Bonchev–Trinajstić information content (AvgIpc) is 1.13. The highest BCUT2D eigenvalue weighted by Gasteiger charge is 2.32. The first-order valence-corrected chi connectivity index (χ1v) is 35.5. The van der Waals surface area contributed by atoms with Crippen LogP contribution in [0.2, 0.25) is 0 Å². The molecular weight excluding hydrogens is 1270 g/mol.